The number of nitrogens with zero attached hydrogens (tertiary/aromatic N) is 1. The first-order chi connectivity index (χ1) is 16.6. The Kier molecular flexibility index (Phi) is 5.24. The van der Waals surface area contributed by atoms with Crippen LogP contribution in [-0.2, 0) is 11.2 Å². The van der Waals surface area contributed by atoms with Gasteiger partial charge in [-0.25, -0.2) is 0 Å². The van der Waals surface area contributed by atoms with Gasteiger partial charge >= 0.3 is 0 Å². The van der Waals surface area contributed by atoms with Crippen molar-refractivity contribution in [2.45, 2.75) is 12.5 Å². The molecule has 0 saturated carbocycles. The molecule has 5 nitrogen and oxygen atoms in total. The maximum atomic E-state index is 13.5. The Balaban J connectivity index is 1.42. The van der Waals surface area contributed by atoms with Crippen molar-refractivity contribution in [3.63, 3.8) is 0 Å². The van der Waals surface area contributed by atoms with E-state index in [1.165, 1.54) is 10.9 Å². The molecule has 3 heterocycles. The molecule has 1 amide bonds. The fourth-order valence-corrected chi connectivity index (χ4v) is 5.27. The molecule has 0 radical (unpaired) electrons. The second-order valence-corrected chi connectivity index (χ2v) is 9.20. The Labute approximate surface area is 206 Å². The smallest absolute Gasteiger partial charge is 0.247 e. The normalized spacial score (nSPS) is 16.9. The highest BCUT2D eigenvalue weighted by Gasteiger charge is 2.34. The van der Waals surface area contributed by atoms with Gasteiger partial charge in [0.2, 0.25) is 12.7 Å². The molecule has 0 aliphatic carbocycles. The van der Waals surface area contributed by atoms with Crippen LogP contribution in [0.25, 0.3) is 17.0 Å². The average molecular weight is 491 g/mol. The molecule has 0 fully saturated rings. The van der Waals surface area contributed by atoms with Crippen LogP contribution < -0.4 is 9.47 Å². The van der Waals surface area contributed by atoms with Crippen molar-refractivity contribution in [3.8, 4) is 11.5 Å². The molecule has 4 aromatic rings. The Hall–Kier alpha value is -3.41. The molecule has 6 rings (SSSR count). The third kappa shape index (κ3) is 3.61. The number of hydrogen-bond acceptors (Lipinski definition) is 3. The number of carbonyl (C=O) groups is 1. The van der Waals surface area contributed by atoms with Crippen LogP contribution in [0.15, 0.2) is 66.7 Å². The number of fused-ring (bicyclic) bond motifs is 4. The average Bonchev–Trinajstić information content (AvgIpc) is 3.46. The zero-order valence-corrected chi connectivity index (χ0v) is 19.6. The summed E-state index contributed by atoms with van der Waals surface area (Å²) in [5.74, 6) is 1.31. The van der Waals surface area contributed by atoms with Gasteiger partial charge in [0.15, 0.2) is 11.5 Å². The van der Waals surface area contributed by atoms with E-state index in [1.54, 1.807) is 30.4 Å². The van der Waals surface area contributed by atoms with E-state index in [0.29, 0.717) is 28.1 Å². The zero-order valence-electron chi connectivity index (χ0n) is 18.1. The zero-order chi connectivity index (χ0) is 23.2. The summed E-state index contributed by atoms with van der Waals surface area (Å²) in [6, 6.07) is 19.1. The fraction of sp³-hybridized carbons (Fsp3) is 0.148. The predicted molar refractivity (Wildman–Crippen MR) is 134 cm³/mol. The first-order valence-electron chi connectivity index (χ1n) is 11.0. The van der Waals surface area contributed by atoms with E-state index in [1.807, 2.05) is 35.2 Å². The molecule has 0 spiro atoms. The lowest BCUT2D eigenvalue weighted by Crippen LogP contribution is -2.39. The number of ether oxygens (including phenoxy) is 2. The van der Waals surface area contributed by atoms with Crippen LogP contribution in [0.3, 0.4) is 0 Å². The lowest BCUT2D eigenvalue weighted by atomic mass is 9.92. The number of rotatable bonds is 3. The maximum Gasteiger partial charge on any atom is 0.247 e. The van der Waals surface area contributed by atoms with Crippen molar-refractivity contribution in [2.75, 3.05) is 13.3 Å². The van der Waals surface area contributed by atoms with Crippen LogP contribution in [-0.4, -0.2) is 29.1 Å². The van der Waals surface area contributed by atoms with Crippen molar-refractivity contribution in [3.05, 3.63) is 99.2 Å². The van der Waals surface area contributed by atoms with E-state index >= 15 is 0 Å². The lowest BCUT2D eigenvalue weighted by Gasteiger charge is -2.35. The van der Waals surface area contributed by atoms with Gasteiger partial charge in [-0.3, -0.25) is 4.79 Å². The quantitative estimate of drug-likeness (QED) is 0.338. The molecular formula is C27H20Cl2N2O3. The molecule has 1 aromatic heterocycles. The van der Waals surface area contributed by atoms with Crippen LogP contribution in [0.2, 0.25) is 10.0 Å². The molecule has 0 saturated heterocycles. The second-order valence-electron chi connectivity index (χ2n) is 8.36. The van der Waals surface area contributed by atoms with E-state index in [9.17, 15) is 4.79 Å². The molecule has 34 heavy (non-hydrogen) atoms. The van der Waals surface area contributed by atoms with Gasteiger partial charge in [0.1, 0.15) is 0 Å². The summed E-state index contributed by atoms with van der Waals surface area (Å²) in [5.41, 5.74) is 5.03. The number of hydrogen-bond donors (Lipinski definition) is 1. The Morgan fingerprint density at radius 2 is 1.88 bits per heavy atom. The molecule has 1 atom stereocenters. The Morgan fingerprint density at radius 1 is 1.03 bits per heavy atom. The van der Waals surface area contributed by atoms with Crippen molar-refractivity contribution < 1.29 is 14.3 Å². The van der Waals surface area contributed by atoms with Gasteiger partial charge in [0, 0.05) is 39.3 Å². The van der Waals surface area contributed by atoms with Crippen molar-refractivity contribution >= 4 is 46.1 Å². The van der Waals surface area contributed by atoms with E-state index < -0.39 is 0 Å². The number of aromatic amines is 1. The highest BCUT2D eigenvalue weighted by atomic mass is 35.5. The van der Waals surface area contributed by atoms with E-state index in [4.69, 9.17) is 32.7 Å². The summed E-state index contributed by atoms with van der Waals surface area (Å²) in [4.78, 5) is 19.0. The molecule has 0 bridgehead atoms. The van der Waals surface area contributed by atoms with Crippen molar-refractivity contribution in [2.24, 2.45) is 0 Å². The first kappa shape index (κ1) is 21.1. The third-order valence-corrected chi connectivity index (χ3v) is 6.96. The lowest BCUT2D eigenvalue weighted by molar-refractivity contribution is -0.128. The number of H-pyrrole nitrogens is 1. The monoisotopic (exact) mass is 490 g/mol. The summed E-state index contributed by atoms with van der Waals surface area (Å²) in [7, 11) is 0. The van der Waals surface area contributed by atoms with E-state index in [0.717, 1.165) is 28.8 Å². The van der Waals surface area contributed by atoms with Crippen molar-refractivity contribution in [1.29, 1.82) is 0 Å². The van der Waals surface area contributed by atoms with Crippen LogP contribution in [0.1, 0.15) is 28.4 Å². The number of para-hydroxylation sites is 1. The van der Waals surface area contributed by atoms with Gasteiger partial charge in [-0.1, -0.05) is 53.5 Å². The summed E-state index contributed by atoms with van der Waals surface area (Å²) >= 11 is 12.3. The maximum absolute atomic E-state index is 13.5. The topological polar surface area (TPSA) is 54.6 Å². The number of nitrogens with one attached hydrogen (secondary N) is 1. The molecule has 2 aliphatic heterocycles. The molecule has 1 N–H and O–H groups in total. The van der Waals surface area contributed by atoms with E-state index in [2.05, 4.69) is 17.1 Å². The minimum absolute atomic E-state index is 0.0991. The number of carbonyl (C=O) groups excluding carboxylic acids is 1. The van der Waals surface area contributed by atoms with Crippen LogP contribution in [0, 0.1) is 0 Å². The minimum Gasteiger partial charge on any atom is -0.454 e. The predicted octanol–water partition coefficient (Wildman–Crippen LogP) is 6.39. The van der Waals surface area contributed by atoms with Crippen LogP contribution >= 0.6 is 23.2 Å². The first-order valence-corrected chi connectivity index (χ1v) is 11.8. The number of aromatic nitrogens is 1. The summed E-state index contributed by atoms with van der Waals surface area (Å²) in [5, 5.41) is 2.25. The van der Waals surface area contributed by atoms with E-state index in [-0.39, 0.29) is 18.7 Å². The number of halogens is 2. The highest BCUT2D eigenvalue weighted by molar-refractivity contribution is 6.35. The Morgan fingerprint density at radius 3 is 2.76 bits per heavy atom. The van der Waals surface area contributed by atoms with Gasteiger partial charge in [0.05, 0.1) is 6.04 Å². The molecular weight excluding hydrogens is 471 g/mol. The minimum atomic E-state index is -0.288. The Bertz CT molecular complexity index is 1460. The molecule has 3 aromatic carbocycles. The summed E-state index contributed by atoms with van der Waals surface area (Å²) in [6.45, 7) is 0.791. The number of amides is 1. The summed E-state index contributed by atoms with van der Waals surface area (Å²) in [6.07, 6.45) is 4.07. The van der Waals surface area contributed by atoms with Gasteiger partial charge in [0.25, 0.3) is 0 Å². The number of benzene rings is 3. The SMILES string of the molecule is O=C(C=Cc1ccc(Cl)cc1Cl)N1CCc2c([nH]c3ccccc23)C1c1ccc2c(c1)OCO2. The van der Waals surface area contributed by atoms with Crippen LogP contribution in [0.5, 0.6) is 11.5 Å². The van der Waals surface area contributed by atoms with Gasteiger partial charge in [-0.2, -0.15) is 0 Å². The second kappa shape index (κ2) is 8.42. The third-order valence-electron chi connectivity index (χ3n) is 6.40. The van der Waals surface area contributed by atoms with Gasteiger partial charge < -0.3 is 19.4 Å². The molecule has 170 valence electrons. The van der Waals surface area contributed by atoms with Crippen molar-refractivity contribution in [1.82, 2.24) is 9.88 Å². The standard InChI is InChI=1S/C27H20Cl2N2O3/c28-18-8-5-16(21(29)14-18)7-10-25(32)31-12-11-20-19-3-1-2-4-22(19)30-26(20)27(31)17-6-9-23-24(13-17)34-15-33-23/h1-10,13-14,27,30H,11-12,15H2. The van der Waals surface area contributed by atoms with Crippen LogP contribution in [0.4, 0.5) is 0 Å². The molecule has 7 heteroatoms. The summed E-state index contributed by atoms with van der Waals surface area (Å²) < 4.78 is 11.1. The molecule has 1 unspecified atom stereocenters. The van der Waals surface area contributed by atoms with Gasteiger partial charge in [-0.15, -0.1) is 0 Å². The molecule has 2 aliphatic rings. The van der Waals surface area contributed by atoms with Gasteiger partial charge in [-0.05, 0) is 59.5 Å². The highest BCUT2D eigenvalue weighted by Crippen LogP contribution is 2.42. The fourth-order valence-electron chi connectivity index (χ4n) is 4.80. The largest absolute Gasteiger partial charge is 0.454 e.